The maximum atomic E-state index is 10.8. The molecule has 6 heteroatoms. The number of benzene rings is 2. The molecule has 0 bridgehead atoms. The molecule has 0 aliphatic heterocycles. The molecule has 0 radical (unpaired) electrons. The van der Waals surface area contributed by atoms with Crippen molar-refractivity contribution in [3.63, 3.8) is 0 Å². The minimum absolute atomic E-state index is 0.0425. The van der Waals surface area contributed by atoms with Crippen LogP contribution in [-0.4, -0.2) is 15.1 Å². The Balaban J connectivity index is 1.87. The summed E-state index contributed by atoms with van der Waals surface area (Å²) in [5.41, 5.74) is 1.58. The molecule has 0 saturated heterocycles. The Morgan fingerprint density at radius 1 is 1.09 bits per heavy atom. The SMILES string of the molecule is Cc1nnc(OCc2cccc([N+](=O)[O-])c2)c2ccccc12. The fraction of sp³-hybridized carbons (Fsp3) is 0.125. The second-order valence-corrected chi connectivity index (χ2v) is 4.85. The number of nitrogens with zero attached hydrogens (tertiary/aromatic N) is 3. The highest BCUT2D eigenvalue weighted by Crippen LogP contribution is 2.25. The highest BCUT2D eigenvalue weighted by molar-refractivity contribution is 5.88. The normalized spacial score (nSPS) is 10.6. The summed E-state index contributed by atoms with van der Waals surface area (Å²) in [7, 11) is 0. The van der Waals surface area contributed by atoms with Crippen LogP contribution in [0.25, 0.3) is 10.8 Å². The smallest absolute Gasteiger partial charge is 0.269 e. The van der Waals surface area contributed by atoms with Crippen LogP contribution in [0.2, 0.25) is 0 Å². The van der Waals surface area contributed by atoms with Gasteiger partial charge in [0.05, 0.1) is 10.6 Å². The summed E-state index contributed by atoms with van der Waals surface area (Å²) in [5, 5.41) is 20.8. The summed E-state index contributed by atoms with van der Waals surface area (Å²) in [6.07, 6.45) is 0. The molecule has 6 nitrogen and oxygen atoms in total. The van der Waals surface area contributed by atoms with Crippen molar-refractivity contribution in [1.82, 2.24) is 10.2 Å². The molecule has 2 aromatic carbocycles. The van der Waals surface area contributed by atoms with Gasteiger partial charge in [-0.1, -0.05) is 30.3 Å². The maximum Gasteiger partial charge on any atom is 0.269 e. The second-order valence-electron chi connectivity index (χ2n) is 4.85. The number of aromatic nitrogens is 2. The molecule has 0 aliphatic rings. The van der Waals surface area contributed by atoms with Gasteiger partial charge in [-0.3, -0.25) is 10.1 Å². The van der Waals surface area contributed by atoms with Crippen molar-refractivity contribution in [3.05, 3.63) is 69.9 Å². The van der Waals surface area contributed by atoms with Crippen LogP contribution < -0.4 is 4.74 Å². The molecule has 0 saturated carbocycles. The lowest BCUT2D eigenvalue weighted by Gasteiger charge is -2.08. The summed E-state index contributed by atoms with van der Waals surface area (Å²) in [6, 6.07) is 14.1. The predicted molar refractivity (Wildman–Crippen MR) is 81.7 cm³/mol. The van der Waals surface area contributed by atoms with Crippen LogP contribution in [0.1, 0.15) is 11.3 Å². The van der Waals surface area contributed by atoms with Gasteiger partial charge in [0.25, 0.3) is 5.69 Å². The zero-order valence-corrected chi connectivity index (χ0v) is 11.9. The lowest BCUT2D eigenvalue weighted by Crippen LogP contribution is -2.01. The number of hydrogen-bond acceptors (Lipinski definition) is 5. The molecule has 0 atom stereocenters. The molecule has 0 N–H and O–H groups in total. The van der Waals surface area contributed by atoms with Crippen molar-refractivity contribution in [2.75, 3.05) is 0 Å². The molecule has 0 fully saturated rings. The van der Waals surface area contributed by atoms with E-state index < -0.39 is 4.92 Å². The Morgan fingerprint density at radius 3 is 2.64 bits per heavy atom. The molecule has 22 heavy (non-hydrogen) atoms. The molecular weight excluding hydrogens is 282 g/mol. The maximum absolute atomic E-state index is 10.8. The summed E-state index contributed by atoms with van der Waals surface area (Å²) in [6.45, 7) is 2.09. The van der Waals surface area contributed by atoms with Crippen LogP contribution in [0.15, 0.2) is 48.5 Å². The first-order chi connectivity index (χ1) is 10.6. The van der Waals surface area contributed by atoms with Gasteiger partial charge in [0.2, 0.25) is 5.88 Å². The van der Waals surface area contributed by atoms with Gasteiger partial charge in [-0.15, -0.1) is 5.10 Å². The van der Waals surface area contributed by atoms with Gasteiger partial charge in [0.1, 0.15) is 6.61 Å². The average Bonchev–Trinajstić information content (AvgIpc) is 2.55. The van der Waals surface area contributed by atoms with Crippen molar-refractivity contribution >= 4 is 16.5 Å². The third-order valence-electron chi connectivity index (χ3n) is 3.34. The third-order valence-corrected chi connectivity index (χ3v) is 3.34. The van der Waals surface area contributed by atoms with E-state index in [1.807, 2.05) is 31.2 Å². The van der Waals surface area contributed by atoms with Gasteiger partial charge in [-0.05, 0) is 18.6 Å². The molecule has 0 amide bonds. The predicted octanol–water partition coefficient (Wildman–Crippen LogP) is 3.43. The Bertz CT molecular complexity index is 849. The number of nitro groups is 1. The van der Waals surface area contributed by atoms with Gasteiger partial charge in [-0.2, -0.15) is 5.10 Å². The fourth-order valence-corrected chi connectivity index (χ4v) is 2.23. The minimum Gasteiger partial charge on any atom is -0.471 e. The van der Waals surface area contributed by atoms with Gasteiger partial charge in [-0.25, -0.2) is 0 Å². The fourth-order valence-electron chi connectivity index (χ4n) is 2.23. The third kappa shape index (κ3) is 2.71. The molecule has 110 valence electrons. The van der Waals surface area contributed by atoms with Gasteiger partial charge < -0.3 is 4.74 Å². The second kappa shape index (κ2) is 5.77. The Morgan fingerprint density at radius 2 is 1.86 bits per heavy atom. The van der Waals surface area contributed by atoms with E-state index >= 15 is 0 Å². The monoisotopic (exact) mass is 295 g/mol. The number of nitro benzene ring substituents is 1. The zero-order chi connectivity index (χ0) is 15.5. The van der Waals surface area contributed by atoms with Crippen LogP contribution in [0.3, 0.4) is 0 Å². The quantitative estimate of drug-likeness (QED) is 0.544. The Hall–Kier alpha value is -3.02. The van der Waals surface area contributed by atoms with E-state index in [4.69, 9.17) is 4.74 Å². The van der Waals surface area contributed by atoms with Crippen molar-refractivity contribution in [3.8, 4) is 5.88 Å². The number of non-ortho nitro benzene ring substituents is 1. The number of aryl methyl sites for hydroxylation is 1. The molecule has 3 aromatic rings. The number of rotatable bonds is 4. The molecule has 1 aromatic heterocycles. The molecule has 0 spiro atoms. The summed E-state index contributed by atoms with van der Waals surface area (Å²) in [4.78, 5) is 10.4. The van der Waals surface area contributed by atoms with E-state index in [0.29, 0.717) is 11.4 Å². The van der Waals surface area contributed by atoms with Gasteiger partial charge in [0.15, 0.2) is 0 Å². The van der Waals surface area contributed by atoms with Crippen LogP contribution >= 0.6 is 0 Å². The number of ether oxygens (including phenoxy) is 1. The van der Waals surface area contributed by atoms with E-state index in [-0.39, 0.29) is 12.3 Å². The lowest BCUT2D eigenvalue weighted by atomic mass is 10.1. The van der Waals surface area contributed by atoms with E-state index in [1.165, 1.54) is 12.1 Å². The molecular formula is C16H13N3O3. The molecule has 0 unspecified atom stereocenters. The first-order valence-electron chi connectivity index (χ1n) is 6.73. The standard InChI is InChI=1S/C16H13N3O3/c1-11-14-7-2-3-8-15(14)16(18-17-11)22-10-12-5-4-6-13(9-12)19(20)21/h2-9H,10H2,1H3. The lowest BCUT2D eigenvalue weighted by molar-refractivity contribution is -0.384. The van der Waals surface area contributed by atoms with Gasteiger partial charge >= 0.3 is 0 Å². The van der Waals surface area contributed by atoms with Crippen molar-refractivity contribution in [1.29, 1.82) is 0 Å². The first kappa shape index (κ1) is 13.9. The summed E-state index contributed by atoms with van der Waals surface area (Å²) >= 11 is 0. The Kier molecular flexibility index (Phi) is 3.65. The van der Waals surface area contributed by atoms with E-state index in [9.17, 15) is 10.1 Å². The molecule has 3 rings (SSSR count). The van der Waals surface area contributed by atoms with Crippen molar-refractivity contribution < 1.29 is 9.66 Å². The van der Waals surface area contributed by atoms with Crippen LogP contribution in [0.4, 0.5) is 5.69 Å². The zero-order valence-electron chi connectivity index (χ0n) is 11.9. The Labute approximate surface area is 126 Å². The molecule has 1 heterocycles. The van der Waals surface area contributed by atoms with Crippen LogP contribution in [0.5, 0.6) is 5.88 Å². The summed E-state index contributed by atoms with van der Waals surface area (Å²) < 4.78 is 5.70. The number of hydrogen-bond donors (Lipinski definition) is 0. The largest absolute Gasteiger partial charge is 0.471 e. The van der Waals surface area contributed by atoms with E-state index in [0.717, 1.165) is 16.5 Å². The average molecular weight is 295 g/mol. The van der Waals surface area contributed by atoms with E-state index in [2.05, 4.69) is 10.2 Å². The first-order valence-corrected chi connectivity index (χ1v) is 6.73. The van der Waals surface area contributed by atoms with Crippen LogP contribution in [0, 0.1) is 17.0 Å². The highest BCUT2D eigenvalue weighted by atomic mass is 16.6. The molecule has 0 aliphatic carbocycles. The number of fused-ring (bicyclic) bond motifs is 1. The van der Waals surface area contributed by atoms with Crippen LogP contribution in [-0.2, 0) is 6.61 Å². The highest BCUT2D eigenvalue weighted by Gasteiger charge is 2.09. The van der Waals surface area contributed by atoms with Gasteiger partial charge in [0, 0.05) is 22.9 Å². The van der Waals surface area contributed by atoms with E-state index in [1.54, 1.807) is 12.1 Å². The van der Waals surface area contributed by atoms with Crippen molar-refractivity contribution in [2.24, 2.45) is 0 Å². The van der Waals surface area contributed by atoms with Crippen molar-refractivity contribution in [2.45, 2.75) is 13.5 Å². The minimum atomic E-state index is -0.426. The topological polar surface area (TPSA) is 78.2 Å². The summed E-state index contributed by atoms with van der Waals surface area (Å²) in [5.74, 6) is 0.424.